The van der Waals surface area contributed by atoms with Crippen molar-refractivity contribution in [2.24, 2.45) is 0 Å². The number of hydrogen-bond acceptors (Lipinski definition) is 4. The minimum Gasteiger partial charge on any atom is -0.293 e. The molecule has 124 valence electrons. The van der Waals surface area contributed by atoms with Crippen molar-refractivity contribution in [3.8, 4) is 0 Å². The zero-order chi connectivity index (χ0) is 17.4. The van der Waals surface area contributed by atoms with Gasteiger partial charge in [0.25, 0.3) is 0 Å². The topological polar surface area (TPSA) is 47.3 Å². The second-order valence-electron chi connectivity index (χ2n) is 5.71. The van der Waals surface area contributed by atoms with Gasteiger partial charge in [0.05, 0.1) is 16.3 Å². The molecule has 2 heterocycles. The number of para-hydroxylation sites is 1. The number of carbonyl (C=O) groups excluding carboxylic acids is 1. The summed E-state index contributed by atoms with van der Waals surface area (Å²) in [4.78, 5) is 12.5. The monoisotopic (exact) mass is 367 g/mol. The van der Waals surface area contributed by atoms with Crippen molar-refractivity contribution < 1.29 is 4.79 Å². The summed E-state index contributed by atoms with van der Waals surface area (Å²) in [7, 11) is 0. The molecule has 0 fully saturated rings. The number of aryl methyl sites for hydroxylation is 1. The van der Waals surface area contributed by atoms with Gasteiger partial charge in [0.2, 0.25) is 0 Å². The van der Waals surface area contributed by atoms with E-state index in [0.29, 0.717) is 15.7 Å². The summed E-state index contributed by atoms with van der Waals surface area (Å²) in [6, 6.07) is 17.2. The molecular formula is C19H14ClN3OS. The molecule has 0 aliphatic carbocycles. The first-order valence-electron chi connectivity index (χ1n) is 7.79. The van der Waals surface area contributed by atoms with Crippen molar-refractivity contribution in [2.75, 3.05) is 5.75 Å². The molecule has 0 unspecified atom stereocenters. The number of carbonyl (C=O) groups is 1. The van der Waals surface area contributed by atoms with Crippen molar-refractivity contribution >= 4 is 45.7 Å². The minimum absolute atomic E-state index is 0.0243. The van der Waals surface area contributed by atoms with Gasteiger partial charge in [-0.3, -0.25) is 9.20 Å². The molecule has 6 heteroatoms. The largest absolute Gasteiger partial charge is 0.293 e. The molecular weight excluding hydrogens is 354 g/mol. The predicted octanol–water partition coefficient (Wildman–Crippen LogP) is 4.82. The number of thioether (sulfide) groups is 1. The van der Waals surface area contributed by atoms with Gasteiger partial charge in [-0.25, -0.2) is 0 Å². The predicted molar refractivity (Wildman–Crippen MR) is 102 cm³/mol. The zero-order valence-electron chi connectivity index (χ0n) is 13.4. The Labute approximate surface area is 153 Å². The summed E-state index contributed by atoms with van der Waals surface area (Å²) in [6.07, 6.45) is 0. The molecule has 0 saturated heterocycles. The molecule has 0 saturated carbocycles. The Balaban J connectivity index is 1.70. The van der Waals surface area contributed by atoms with Gasteiger partial charge in [-0.2, -0.15) is 0 Å². The Morgan fingerprint density at radius 3 is 2.72 bits per heavy atom. The molecule has 4 aromatic rings. The van der Waals surface area contributed by atoms with Crippen molar-refractivity contribution in [3.05, 3.63) is 70.7 Å². The number of rotatable bonds is 4. The van der Waals surface area contributed by atoms with E-state index in [2.05, 4.69) is 23.2 Å². The van der Waals surface area contributed by atoms with Gasteiger partial charge >= 0.3 is 0 Å². The van der Waals surface area contributed by atoms with Gasteiger partial charge < -0.3 is 0 Å². The highest BCUT2D eigenvalue weighted by Crippen LogP contribution is 2.26. The number of halogens is 1. The van der Waals surface area contributed by atoms with Gasteiger partial charge in [-0.05, 0) is 36.8 Å². The SMILES string of the molecule is Cc1cc2nnc(SCC(=O)c3ccccc3Cl)n2c2ccccc12. The fraction of sp³-hybridized carbons (Fsp3) is 0.105. The number of Topliss-reactive ketones (excluding diaryl/α,β-unsaturated/α-hetero) is 1. The highest BCUT2D eigenvalue weighted by molar-refractivity contribution is 7.99. The number of hydrogen-bond donors (Lipinski definition) is 0. The number of pyridine rings is 1. The van der Waals surface area contributed by atoms with Crippen LogP contribution in [0, 0.1) is 6.92 Å². The number of aromatic nitrogens is 3. The quantitative estimate of drug-likeness (QED) is 0.383. The van der Waals surface area contributed by atoms with Crippen LogP contribution in [0.2, 0.25) is 5.02 Å². The first-order chi connectivity index (χ1) is 12.1. The number of fused-ring (bicyclic) bond motifs is 3. The van der Waals surface area contributed by atoms with Crippen LogP contribution in [0.1, 0.15) is 15.9 Å². The summed E-state index contributed by atoms with van der Waals surface area (Å²) in [5.74, 6) is 0.232. The number of nitrogens with zero attached hydrogens (tertiary/aromatic N) is 3. The molecule has 2 aromatic heterocycles. The van der Waals surface area contributed by atoms with E-state index in [-0.39, 0.29) is 11.5 Å². The first-order valence-corrected chi connectivity index (χ1v) is 9.15. The Bertz CT molecular complexity index is 1110. The Hall–Kier alpha value is -2.37. The number of ketones is 1. The summed E-state index contributed by atoms with van der Waals surface area (Å²) >= 11 is 7.48. The van der Waals surface area contributed by atoms with Crippen molar-refractivity contribution in [1.29, 1.82) is 0 Å². The first kappa shape index (κ1) is 16.1. The Morgan fingerprint density at radius 2 is 1.88 bits per heavy atom. The average molecular weight is 368 g/mol. The second-order valence-corrected chi connectivity index (χ2v) is 7.06. The molecule has 0 amide bonds. The maximum absolute atomic E-state index is 12.5. The van der Waals surface area contributed by atoms with E-state index in [0.717, 1.165) is 22.1 Å². The normalized spacial score (nSPS) is 11.3. The lowest BCUT2D eigenvalue weighted by molar-refractivity contribution is 0.102. The molecule has 25 heavy (non-hydrogen) atoms. The van der Waals surface area contributed by atoms with Crippen LogP contribution in [0.4, 0.5) is 0 Å². The van der Waals surface area contributed by atoms with E-state index in [1.54, 1.807) is 12.1 Å². The molecule has 4 nitrogen and oxygen atoms in total. The Morgan fingerprint density at radius 1 is 1.12 bits per heavy atom. The second kappa shape index (κ2) is 6.50. The fourth-order valence-electron chi connectivity index (χ4n) is 2.86. The van der Waals surface area contributed by atoms with Crippen LogP contribution in [0.5, 0.6) is 0 Å². The van der Waals surface area contributed by atoms with Crippen LogP contribution < -0.4 is 0 Å². The van der Waals surface area contributed by atoms with Crippen molar-refractivity contribution in [2.45, 2.75) is 12.1 Å². The van der Waals surface area contributed by atoms with E-state index in [9.17, 15) is 4.79 Å². The lowest BCUT2D eigenvalue weighted by Gasteiger charge is -2.07. The molecule has 0 spiro atoms. The van der Waals surface area contributed by atoms with E-state index < -0.39 is 0 Å². The van der Waals surface area contributed by atoms with Gasteiger partial charge in [0.1, 0.15) is 0 Å². The third-order valence-electron chi connectivity index (χ3n) is 4.08. The van der Waals surface area contributed by atoms with E-state index in [4.69, 9.17) is 11.6 Å². The van der Waals surface area contributed by atoms with Crippen molar-refractivity contribution in [1.82, 2.24) is 14.6 Å². The highest BCUT2D eigenvalue weighted by atomic mass is 35.5. The molecule has 4 rings (SSSR count). The third kappa shape index (κ3) is 2.90. The van der Waals surface area contributed by atoms with Crippen LogP contribution >= 0.6 is 23.4 Å². The fourth-order valence-corrected chi connectivity index (χ4v) is 3.94. The zero-order valence-corrected chi connectivity index (χ0v) is 15.0. The van der Waals surface area contributed by atoms with E-state index >= 15 is 0 Å². The molecule has 0 aliphatic rings. The van der Waals surface area contributed by atoms with Crippen LogP contribution in [0.15, 0.2) is 59.8 Å². The summed E-state index contributed by atoms with van der Waals surface area (Å²) < 4.78 is 1.99. The van der Waals surface area contributed by atoms with Crippen LogP contribution in [-0.2, 0) is 0 Å². The maximum atomic E-state index is 12.5. The summed E-state index contributed by atoms with van der Waals surface area (Å²) in [6.45, 7) is 2.06. The highest BCUT2D eigenvalue weighted by Gasteiger charge is 2.15. The lowest BCUT2D eigenvalue weighted by Crippen LogP contribution is -2.04. The van der Waals surface area contributed by atoms with Crippen LogP contribution in [0.3, 0.4) is 0 Å². The van der Waals surface area contributed by atoms with Crippen molar-refractivity contribution in [3.63, 3.8) is 0 Å². The van der Waals surface area contributed by atoms with Crippen LogP contribution in [-0.4, -0.2) is 26.1 Å². The van der Waals surface area contributed by atoms with Gasteiger partial charge in [-0.15, -0.1) is 10.2 Å². The molecule has 2 aromatic carbocycles. The molecule has 0 bridgehead atoms. The molecule has 0 aliphatic heterocycles. The molecule has 0 N–H and O–H groups in total. The third-order valence-corrected chi connectivity index (χ3v) is 5.34. The van der Waals surface area contributed by atoms with Crippen LogP contribution in [0.25, 0.3) is 16.6 Å². The average Bonchev–Trinajstić information content (AvgIpc) is 3.03. The smallest absolute Gasteiger partial charge is 0.196 e. The molecule has 0 radical (unpaired) electrons. The summed E-state index contributed by atoms with van der Waals surface area (Å²) in [5.41, 5.74) is 3.50. The lowest BCUT2D eigenvalue weighted by atomic mass is 10.1. The van der Waals surface area contributed by atoms with E-state index in [1.807, 2.05) is 40.8 Å². The van der Waals surface area contributed by atoms with Gasteiger partial charge in [-0.1, -0.05) is 53.7 Å². The summed E-state index contributed by atoms with van der Waals surface area (Å²) in [5, 5.41) is 10.8. The standard InChI is InChI=1S/C19H14ClN3OS/c1-12-10-18-21-22-19(23(18)16-9-5-3-6-13(12)16)25-11-17(24)14-7-2-4-8-15(14)20/h2-10H,11H2,1H3. The van der Waals surface area contributed by atoms with Gasteiger partial charge in [0.15, 0.2) is 16.6 Å². The molecule has 0 atom stereocenters. The maximum Gasteiger partial charge on any atom is 0.196 e. The number of benzene rings is 2. The van der Waals surface area contributed by atoms with E-state index in [1.165, 1.54) is 11.8 Å². The Kier molecular flexibility index (Phi) is 4.19. The van der Waals surface area contributed by atoms with Gasteiger partial charge in [0, 0.05) is 10.9 Å². The minimum atomic E-state index is -0.0243.